The minimum Gasteiger partial charge on any atom is -0.364 e. The quantitative estimate of drug-likeness (QED) is 0.738. The van der Waals surface area contributed by atoms with Crippen molar-refractivity contribution in [1.29, 1.82) is 0 Å². The van der Waals surface area contributed by atoms with E-state index in [1.54, 1.807) is 6.07 Å². The van der Waals surface area contributed by atoms with Gasteiger partial charge in [-0.1, -0.05) is 20.3 Å². The minimum atomic E-state index is -1.23. The standard InChI is InChI=1S/C23H30FN5O3/c1-23(2)6-3-4-14(10-23)8-19(30)17-9-15(24)12-28(17)20(31)13-29-18-11-26-7-5-16(18)21(27-29)22(25)32/h5,7,11,14-15,17H,3-4,6,8-10,12-13H2,1-2H3,(H2,25,32)/t14-,15+,17-/m0/s1. The molecule has 8 nitrogen and oxygen atoms in total. The van der Waals surface area contributed by atoms with E-state index in [0.717, 1.165) is 25.7 Å². The molecule has 1 aliphatic heterocycles. The molecule has 172 valence electrons. The molecule has 2 aliphatic rings. The molecule has 0 spiro atoms. The predicted molar refractivity (Wildman–Crippen MR) is 116 cm³/mol. The first kappa shape index (κ1) is 22.4. The second-order valence-electron chi connectivity index (χ2n) is 9.96. The van der Waals surface area contributed by atoms with Crippen LogP contribution in [0.4, 0.5) is 4.39 Å². The molecule has 3 atom stereocenters. The van der Waals surface area contributed by atoms with Crippen LogP contribution in [-0.2, 0) is 16.1 Å². The van der Waals surface area contributed by atoms with Gasteiger partial charge >= 0.3 is 0 Å². The summed E-state index contributed by atoms with van der Waals surface area (Å²) in [4.78, 5) is 43.3. The molecule has 1 aliphatic carbocycles. The molecular formula is C23H30FN5O3. The van der Waals surface area contributed by atoms with Crippen molar-refractivity contribution in [2.24, 2.45) is 17.1 Å². The molecule has 2 amide bonds. The zero-order valence-corrected chi connectivity index (χ0v) is 18.6. The molecule has 0 unspecified atom stereocenters. The zero-order chi connectivity index (χ0) is 23.0. The van der Waals surface area contributed by atoms with E-state index in [1.165, 1.54) is 22.0 Å². The number of halogens is 1. The van der Waals surface area contributed by atoms with Crippen molar-refractivity contribution in [3.05, 3.63) is 24.2 Å². The van der Waals surface area contributed by atoms with Crippen LogP contribution in [0.2, 0.25) is 0 Å². The molecule has 2 N–H and O–H groups in total. The second-order valence-corrected chi connectivity index (χ2v) is 9.96. The predicted octanol–water partition coefficient (Wildman–Crippen LogP) is 2.64. The molecule has 9 heteroatoms. The lowest BCUT2D eigenvalue weighted by atomic mass is 9.70. The van der Waals surface area contributed by atoms with E-state index in [-0.39, 0.29) is 42.3 Å². The first-order valence-corrected chi connectivity index (χ1v) is 11.2. The molecule has 2 fully saturated rings. The van der Waals surface area contributed by atoms with E-state index in [2.05, 4.69) is 23.9 Å². The van der Waals surface area contributed by atoms with Crippen molar-refractivity contribution in [2.75, 3.05) is 6.54 Å². The molecule has 2 aromatic heterocycles. The number of carbonyl (C=O) groups excluding carboxylic acids is 3. The normalized spacial score (nSPS) is 25.2. The minimum absolute atomic E-state index is 0.0363. The molecule has 0 aromatic carbocycles. The summed E-state index contributed by atoms with van der Waals surface area (Å²) in [6.07, 6.45) is 6.41. The van der Waals surface area contributed by atoms with Crippen molar-refractivity contribution in [3.8, 4) is 0 Å². The van der Waals surface area contributed by atoms with Crippen LogP contribution in [0.1, 0.15) is 62.9 Å². The van der Waals surface area contributed by atoms with Crippen LogP contribution in [0.3, 0.4) is 0 Å². The lowest BCUT2D eigenvalue weighted by Crippen LogP contribution is -2.43. The second kappa shape index (κ2) is 8.60. The van der Waals surface area contributed by atoms with Gasteiger partial charge in [0.05, 0.1) is 24.3 Å². The number of nitrogens with zero attached hydrogens (tertiary/aromatic N) is 4. The summed E-state index contributed by atoms with van der Waals surface area (Å²) in [5.74, 6) is -0.898. The smallest absolute Gasteiger partial charge is 0.269 e. The van der Waals surface area contributed by atoms with Gasteiger partial charge in [-0.2, -0.15) is 5.10 Å². The van der Waals surface area contributed by atoms with E-state index in [1.807, 2.05) is 0 Å². The van der Waals surface area contributed by atoms with E-state index in [4.69, 9.17) is 5.73 Å². The fourth-order valence-electron chi connectivity index (χ4n) is 5.36. The largest absolute Gasteiger partial charge is 0.364 e. The number of amides is 2. The van der Waals surface area contributed by atoms with Crippen LogP contribution in [0, 0.1) is 11.3 Å². The van der Waals surface area contributed by atoms with Crippen LogP contribution < -0.4 is 5.73 Å². The van der Waals surface area contributed by atoms with Crippen molar-refractivity contribution in [2.45, 2.75) is 71.1 Å². The highest BCUT2D eigenvalue weighted by molar-refractivity contribution is 6.04. The van der Waals surface area contributed by atoms with Gasteiger partial charge < -0.3 is 10.6 Å². The highest BCUT2D eigenvalue weighted by atomic mass is 19.1. The number of Topliss-reactive ketones (excluding diaryl/α,β-unsaturated/α-hetero) is 1. The van der Waals surface area contributed by atoms with Gasteiger partial charge in [0.15, 0.2) is 11.5 Å². The summed E-state index contributed by atoms with van der Waals surface area (Å²) in [5.41, 5.74) is 6.15. The lowest BCUT2D eigenvalue weighted by molar-refractivity contribution is -0.138. The molecule has 2 aromatic rings. The Labute approximate surface area is 186 Å². The summed E-state index contributed by atoms with van der Waals surface area (Å²) in [5, 5.41) is 4.67. The van der Waals surface area contributed by atoms with Crippen molar-refractivity contribution in [3.63, 3.8) is 0 Å². The van der Waals surface area contributed by atoms with Crippen LogP contribution in [0.5, 0.6) is 0 Å². The maximum absolute atomic E-state index is 14.3. The number of nitrogens with two attached hydrogens (primary N) is 1. The number of rotatable bonds is 6. The lowest BCUT2D eigenvalue weighted by Gasteiger charge is -2.35. The van der Waals surface area contributed by atoms with Gasteiger partial charge in [-0.25, -0.2) is 4.39 Å². The van der Waals surface area contributed by atoms with Crippen LogP contribution >= 0.6 is 0 Å². The van der Waals surface area contributed by atoms with Gasteiger partial charge in [0, 0.05) is 24.4 Å². The monoisotopic (exact) mass is 443 g/mol. The summed E-state index contributed by atoms with van der Waals surface area (Å²) in [6, 6.07) is 0.854. The SMILES string of the molecule is CC1(C)CCC[C@@H](CC(=O)[C@@H]2C[C@@H](F)CN2C(=O)Cn2nc(C(N)=O)c3ccncc32)C1. The van der Waals surface area contributed by atoms with Gasteiger partial charge in [0.2, 0.25) is 5.91 Å². The topological polar surface area (TPSA) is 111 Å². The summed E-state index contributed by atoms with van der Waals surface area (Å²) in [6.45, 7) is 4.11. The average Bonchev–Trinajstić information content (AvgIpc) is 3.28. The van der Waals surface area contributed by atoms with Crippen molar-refractivity contribution in [1.82, 2.24) is 19.7 Å². The first-order valence-electron chi connectivity index (χ1n) is 11.2. The number of fused-ring (bicyclic) bond motifs is 1. The molecule has 32 heavy (non-hydrogen) atoms. The number of hydrogen-bond donors (Lipinski definition) is 1. The Morgan fingerprint density at radius 2 is 2.09 bits per heavy atom. The fourth-order valence-corrected chi connectivity index (χ4v) is 5.36. The molecule has 0 radical (unpaired) electrons. The fraction of sp³-hybridized carbons (Fsp3) is 0.609. The third kappa shape index (κ3) is 4.52. The third-order valence-corrected chi connectivity index (χ3v) is 6.81. The van der Waals surface area contributed by atoms with Crippen LogP contribution in [0.15, 0.2) is 18.5 Å². The average molecular weight is 444 g/mol. The van der Waals surface area contributed by atoms with Crippen molar-refractivity contribution < 1.29 is 18.8 Å². The number of carbonyl (C=O) groups is 3. The number of pyridine rings is 1. The Kier molecular flexibility index (Phi) is 6.01. The van der Waals surface area contributed by atoms with E-state index in [9.17, 15) is 18.8 Å². The molecule has 1 saturated carbocycles. The van der Waals surface area contributed by atoms with Gasteiger partial charge in [0.1, 0.15) is 12.7 Å². The van der Waals surface area contributed by atoms with Crippen LogP contribution in [0.25, 0.3) is 10.9 Å². The highest BCUT2D eigenvalue weighted by Gasteiger charge is 2.41. The molecule has 3 heterocycles. The maximum Gasteiger partial charge on any atom is 0.269 e. The number of ketones is 1. The molecule has 0 bridgehead atoms. The summed E-state index contributed by atoms with van der Waals surface area (Å²) in [7, 11) is 0. The Morgan fingerprint density at radius 3 is 2.81 bits per heavy atom. The highest BCUT2D eigenvalue weighted by Crippen LogP contribution is 2.40. The maximum atomic E-state index is 14.3. The van der Waals surface area contributed by atoms with Gasteiger partial charge in [-0.3, -0.25) is 24.0 Å². The zero-order valence-electron chi connectivity index (χ0n) is 18.6. The third-order valence-electron chi connectivity index (χ3n) is 6.81. The van der Waals surface area contributed by atoms with Gasteiger partial charge in [-0.05, 0) is 36.7 Å². The first-order chi connectivity index (χ1) is 15.1. The van der Waals surface area contributed by atoms with E-state index >= 15 is 0 Å². The Bertz CT molecular complexity index is 1050. The number of primary amides is 1. The number of hydrogen-bond acceptors (Lipinski definition) is 5. The van der Waals surface area contributed by atoms with E-state index in [0.29, 0.717) is 17.3 Å². The Morgan fingerprint density at radius 1 is 1.31 bits per heavy atom. The Hall–Kier alpha value is -2.84. The van der Waals surface area contributed by atoms with Crippen molar-refractivity contribution >= 4 is 28.5 Å². The number of alkyl halides is 1. The molecule has 1 saturated heterocycles. The number of aromatic nitrogens is 3. The summed E-state index contributed by atoms with van der Waals surface area (Å²) >= 11 is 0. The summed E-state index contributed by atoms with van der Waals surface area (Å²) < 4.78 is 15.7. The van der Waals surface area contributed by atoms with E-state index < -0.39 is 24.0 Å². The van der Waals surface area contributed by atoms with Gasteiger partial charge in [0.25, 0.3) is 5.91 Å². The van der Waals surface area contributed by atoms with Crippen LogP contribution in [-0.4, -0.2) is 56.0 Å². The van der Waals surface area contributed by atoms with Gasteiger partial charge in [-0.15, -0.1) is 0 Å². The molecular weight excluding hydrogens is 413 g/mol. The number of likely N-dealkylation sites (tertiary alicyclic amines) is 1. The molecule has 4 rings (SSSR count). The Balaban J connectivity index is 1.50.